The number of hydrogen-bond acceptors (Lipinski definition) is 4. The lowest BCUT2D eigenvalue weighted by molar-refractivity contribution is -0.107. The van der Waals surface area contributed by atoms with E-state index in [1.165, 1.54) is 13.0 Å². The van der Waals surface area contributed by atoms with E-state index in [0.717, 1.165) is 0 Å². The minimum absolute atomic E-state index is 0.0814. The second-order valence-corrected chi connectivity index (χ2v) is 2.58. The first kappa shape index (κ1) is 8.23. The molecule has 0 spiro atoms. The molecule has 11 heavy (non-hydrogen) atoms. The molecule has 4 heteroatoms. The van der Waals surface area contributed by atoms with Crippen molar-refractivity contribution in [2.75, 3.05) is 0 Å². The molecule has 0 radical (unpaired) electrons. The Morgan fingerprint density at radius 3 is 2.73 bits per heavy atom. The lowest BCUT2D eigenvalue weighted by Crippen LogP contribution is -2.09. The van der Waals surface area contributed by atoms with Crippen molar-refractivity contribution in [3.8, 4) is 0 Å². The van der Waals surface area contributed by atoms with E-state index in [0.29, 0.717) is 6.29 Å². The van der Waals surface area contributed by atoms with Gasteiger partial charge < -0.3 is 19.7 Å². The van der Waals surface area contributed by atoms with Crippen LogP contribution in [0.3, 0.4) is 0 Å². The van der Waals surface area contributed by atoms with Gasteiger partial charge in [0.15, 0.2) is 11.9 Å². The van der Waals surface area contributed by atoms with Crippen molar-refractivity contribution in [1.29, 1.82) is 0 Å². The van der Waals surface area contributed by atoms with E-state index in [2.05, 4.69) is 4.74 Å². The topological polar surface area (TPSA) is 70.1 Å². The van der Waals surface area contributed by atoms with Gasteiger partial charge in [0.25, 0.3) is 0 Å². The number of epoxide rings is 1. The van der Waals surface area contributed by atoms with Crippen molar-refractivity contribution in [2.45, 2.75) is 25.2 Å². The Balaban J connectivity index is 2.44. The summed E-state index contributed by atoms with van der Waals surface area (Å²) < 4.78 is 4.68. The third-order valence-electron chi connectivity index (χ3n) is 1.48. The summed E-state index contributed by atoms with van der Waals surface area (Å²) in [6.07, 6.45) is 1.47. The van der Waals surface area contributed by atoms with Crippen LogP contribution in [0, 0.1) is 0 Å². The number of allylic oxidation sites excluding steroid dienone is 1. The lowest BCUT2D eigenvalue weighted by atomic mass is 10.2. The molecule has 2 atom stereocenters. The molecule has 0 bridgehead atoms. The SMILES string of the molecule is C[C@@]1(O)OC1/C(O)=C\CC=O. The Morgan fingerprint density at radius 2 is 2.36 bits per heavy atom. The van der Waals surface area contributed by atoms with Gasteiger partial charge in [0.1, 0.15) is 12.0 Å². The molecule has 1 heterocycles. The molecule has 1 unspecified atom stereocenters. The fourth-order valence-corrected chi connectivity index (χ4v) is 0.815. The standard InChI is InChI=1S/C7H10O4/c1-7(10)6(11-7)5(9)3-2-4-8/h3-4,6,9-10H,2H2,1H3/b5-3+/t6?,7-/m1/s1. The largest absolute Gasteiger partial charge is 0.510 e. The Labute approximate surface area is 64.1 Å². The molecule has 0 amide bonds. The van der Waals surface area contributed by atoms with Gasteiger partial charge in [-0.25, -0.2) is 0 Å². The van der Waals surface area contributed by atoms with Crippen LogP contribution >= 0.6 is 0 Å². The minimum atomic E-state index is -1.25. The van der Waals surface area contributed by atoms with E-state index in [1.807, 2.05) is 0 Å². The number of hydrogen-bond donors (Lipinski definition) is 2. The summed E-state index contributed by atoms with van der Waals surface area (Å²) in [5.74, 6) is -1.33. The monoisotopic (exact) mass is 158 g/mol. The summed E-state index contributed by atoms with van der Waals surface area (Å²) in [5, 5.41) is 18.1. The summed E-state index contributed by atoms with van der Waals surface area (Å²) in [6, 6.07) is 0. The molecular formula is C7H10O4. The van der Waals surface area contributed by atoms with Crippen LogP contribution in [0.1, 0.15) is 13.3 Å². The average molecular weight is 158 g/mol. The summed E-state index contributed by atoms with van der Waals surface area (Å²) in [4.78, 5) is 9.85. The summed E-state index contributed by atoms with van der Waals surface area (Å²) in [6.45, 7) is 1.45. The van der Waals surface area contributed by atoms with Crippen LogP contribution < -0.4 is 0 Å². The number of rotatable bonds is 3. The number of ether oxygens (including phenoxy) is 1. The molecule has 0 saturated carbocycles. The predicted octanol–water partition coefficient (Wildman–Crippen LogP) is 0.125. The van der Waals surface area contributed by atoms with Gasteiger partial charge in [-0.2, -0.15) is 0 Å². The predicted molar refractivity (Wildman–Crippen MR) is 36.9 cm³/mol. The van der Waals surface area contributed by atoms with Crippen LogP contribution in [0.25, 0.3) is 0 Å². The molecule has 0 aliphatic carbocycles. The smallest absolute Gasteiger partial charge is 0.197 e. The lowest BCUT2D eigenvalue weighted by Gasteiger charge is -1.93. The highest BCUT2D eigenvalue weighted by atomic mass is 16.7. The van der Waals surface area contributed by atoms with E-state index in [1.54, 1.807) is 0 Å². The van der Waals surface area contributed by atoms with Gasteiger partial charge >= 0.3 is 0 Å². The van der Waals surface area contributed by atoms with E-state index in [9.17, 15) is 4.79 Å². The van der Waals surface area contributed by atoms with E-state index < -0.39 is 11.9 Å². The second kappa shape index (κ2) is 2.64. The van der Waals surface area contributed by atoms with Gasteiger partial charge in [0, 0.05) is 6.42 Å². The molecule has 1 fully saturated rings. The summed E-state index contributed by atoms with van der Waals surface area (Å²) >= 11 is 0. The van der Waals surface area contributed by atoms with Crippen molar-refractivity contribution in [2.24, 2.45) is 0 Å². The zero-order chi connectivity index (χ0) is 8.48. The molecule has 1 aliphatic rings. The first-order valence-corrected chi connectivity index (χ1v) is 3.31. The number of carbonyl (C=O) groups is 1. The van der Waals surface area contributed by atoms with E-state index in [4.69, 9.17) is 10.2 Å². The molecule has 4 nitrogen and oxygen atoms in total. The maximum Gasteiger partial charge on any atom is 0.197 e. The van der Waals surface area contributed by atoms with Crippen LogP contribution in [-0.4, -0.2) is 28.4 Å². The van der Waals surface area contributed by atoms with Crippen LogP contribution in [-0.2, 0) is 9.53 Å². The first-order valence-electron chi connectivity index (χ1n) is 3.31. The van der Waals surface area contributed by atoms with Gasteiger partial charge in [-0.05, 0) is 13.0 Å². The fourth-order valence-electron chi connectivity index (χ4n) is 0.815. The Morgan fingerprint density at radius 1 is 1.82 bits per heavy atom. The normalized spacial score (nSPS) is 36.9. The van der Waals surface area contributed by atoms with Gasteiger partial charge in [0.2, 0.25) is 0 Å². The third-order valence-corrected chi connectivity index (χ3v) is 1.48. The van der Waals surface area contributed by atoms with Crippen LogP contribution in [0.5, 0.6) is 0 Å². The second-order valence-electron chi connectivity index (χ2n) is 2.58. The van der Waals surface area contributed by atoms with Crippen molar-refractivity contribution in [3.05, 3.63) is 11.8 Å². The molecule has 1 rings (SSSR count). The molecule has 0 aromatic rings. The number of aldehydes is 1. The van der Waals surface area contributed by atoms with Crippen LogP contribution in [0.4, 0.5) is 0 Å². The van der Waals surface area contributed by atoms with E-state index >= 15 is 0 Å². The molecular weight excluding hydrogens is 148 g/mol. The molecule has 0 aromatic heterocycles. The zero-order valence-corrected chi connectivity index (χ0v) is 6.15. The number of aliphatic hydroxyl groups is 2. The summed E-state index contributed by atoms with van der Waals surface area (Å²) in [7, 11) is 0. The van der Waals surface area contributed by atoms with Crippen LogP contribution in [0.2, 0.25) is 0 Å². The minimum Gasteiger partial charge on any atom is -0.510 e. The molecule has 0 aromatic carbocycles. The van der Waals surface area contributed by atoms with Gasteiger partial charge in [0.05, 0.1) is 0 Å². The highest BCUT2D eigenvalue weighted by molar-refractivity contribution is 5.52. The maximum atomic E-state index is 9.85. The first-order chi connectivity index (χ1) is 5.08. The van der Waals surface area contributed by atoms with Gasteiger partial charge in [-0.15, -0.1) is 0 Å². The Kier molecular flexibility index (Phi) is 1.97. The third kappa shape index (κ3) is 1.78. The van der Waals surface area contributed by atoms with Gasteiger partial charge in [-0.3, -0.25) is 0 Å². The Bertz CT molecular complexity index is 195. The molecule has 62 valence electrons. The summed E-state index contributed by atoms with van der Waals surface area (Å²) in [5.41, 5.74) is 0. The van der Waals surface area contributed by atoms with Crippen LogP contribution in [0.15, 0.2) is 11.8 Å². The number of aliphatic hydroxyl groups excluding tert-OH is 1. The molecule has 2 N–H and O–H groups in total. The highest BCUT2D eigenvalue weighted by Gasteiger charge is 2.53. The molecule has 1 aliphatic heterocycles. The van der Waals surface area contributed by atoms with Crippen molar-refractivity contribution >= 4 is 6.29 Å². The average Bonchev–Trinajstić information content (AvgIpc) is 2.55. The quantitative estimate of drug-likeness (QED) is 0.348. The fraction of sp³-hybridized carbons (Fsp3) is 0.571. The molecule has 1 saturated heterocycles. The van der Waals surface area contributed by atoms with Gasteiger partial charge in [-0.1, -0.05) is 0 Å². The van der Waals surface area contributed by atoms with Crippen molar-refractivity contribution < 1.29 is 19.7 Å². The zero-order valence-electron chi connectivity index (χ0n) is 6.15. The maximum absolute atomic E-state index is 9.85. The van der Waals surface area contributed by atoms with Crippen molar-refractivity contribution in [1.82, 2.24) is 0 Å². The number of carbonyl (C=O) groups excluding carboxylic acids is 1. The van der Waals surface area contributed by atoms with Crippen molar-refractivity contribution in [3.63, 3.8) is 0 Å². The Hall–Kier alpha value is -0.870. The van der Waals surface area contributed by atoms with E-state index in [-0.39, 0.29) is 12.2 Å². The highest BCUT2D eigenvalue weighted by Crippen LogP contribution is 2.37.